The third-order valence-electron chi connectivity index (χ3n) is 4.51. The van der Waals surface area contributed by atoms with Gasteiger partial charge in [-0.25, -0.2) is 14.8 Å². The number of nitrogens with one attached hydrogen (secondary N) is 1. The molecule has 0 saturated carbocycles. The highest BCUT2D eigenvalue weighted by atomic mass is 16.6. The summed E-state index contributed by atoms with van der Waals surface area (Å²) >= 11 is 0. The van der Waals surface area contributed by atoms with E-state index in [-0.39, 0.29) is 23.8 Å². The number of hydrogen-bond acceptors (Lipinski definition) is 7. The molecule has 142 valence electrons. The van der Waals surface area contributed by atoms with E-state index in [0.717, 1.165) is 19.4 Å². The molecular weight excluding hydrogens is 338 g/mol. The fourth-order valence-electron chi connectivity index (χ4n) is 3.04. The van der Waals surface area contributed by atoms with Gasteiger partial charge in [-0.2, -0.15) is 0 Å². The normalized spacial score (nSPS) is 20.1. The standard InChI is InChI=1S/C17H25N5O4/c1-2-25-17(24)22-7-5-21(6-8-22)15-12-18-14(11-19-15)16(23)20-10-13-4-3-9-26-13/h11-13H,2-10H2,1H3,(H,20,23). The Morgan fingerprint density at radius 1 is 1.27 bits per heavy atom. The Kier molecular flexibility index (Phi) is 6.21. The van der Waals surface area contributed by atoms with E-state index in [1.165, 1.54) is 6.20 Å². The monoisotopic (exact) mass is 363 g/mol. The molecule has 3 rings (SSSR count). The smallest absolute Gasteiger partial charge is 0.409 e. The highest BCUT2D eigenvalue weighted by molar-refractivity contribution is 5.92. The fraction of sp³-hybridized carbons (Fsp3) is 0.647. The molecule has 2 fully saturated rings. The molecule has 0 aliphatic carbocycles. The first-order valence-corrected chi connectivity index (χ1v) is 9.06. The van der Waals surface area contributed by atoms with Gasteiger partial charge in [-0.15, -0.1) is 0 Å². The first kappa shape index (κ1) is 18.4. The number of piperazine rings is 1. The molecule has 0 radical (unpaired) electrons. The summed E-state index contributed by atoms with van der Waals surface area (Å²) in [7, 11) is 0. The molecule has 2 amide bonds. The largest absolute Gasteiger partial charge is 0.450 e. The molecular formula is C17H25N5O4. The Hall–Kier alpha value is -2.42. The van der Waals surface area contributed by atoms with E-state index in [0.29, 0.717) is 45.1 Å². The molecule has 1 aromatic rings. The highest BCUT2D eigenvalue weighted by Gasteiger charge is 2.23. The number of carbonyl (C=O) groups excluding carboxylic acids is 2. The SMILES string of the molecule is CCOC(=O)N1CCN(c2cnc(C(=O)NCC3CCCO3)cn2)CC1. The summed E-state index contributed by atoms with van der Waals surface area (Å²) in [4.78, 5) is 36.1. The van der Waals surface area contributed by atoms with Crippen molar-refractivity contribution in [2.75, 3.05) is 50.8 Å². The number of rotatable bonds is 5. The van der Waals surface area contributed by atoms with E-state index in [1.54, 1.807) is 18.0 Å². The van der Waals surface area contributed by atoms with Gasteiger partial charge in [-0.1, -0.05) is 0 Å². The molecule has 2 aliphatic rings. The molecule has 0 spiro atoms. The van der Waals surface area contributed by atoms with Crippen LogP contribution in [0, 0.1) is 0 Å². The lowest BCUT2D eigenvalue weighted by Crippen LogP contribution is -2.49. The highest BCUT2D eigenvalue weighted by Crippen LogP contribution is 2.14. The van der Waals surface area contributed by atoms with Gasteiger partial charge in [-0.3, -0.25) is 4.79 Å². The van der Waals surface area contributed by atoms with Gasteiger partial charge in [0.1, 0.15) is 11.5 Å². The van der Waals surface area contributed by atoms with Crippen LogP contribution in [0.3, 0.4) is 0 Å². The molecule has 0 aromatic carbocycles. The lowest BCUT2D eigenvalue weighted by molar-refractivity contribution is 0.0853. The van der Waals surface area contributed by atoms with Crippen molar-refractivity contribution in [3.05, 3.63) is 18.1 Å². The predicted octanol–water partition coefficient (Wildman–Crippen LogP) is 0.664. The van der Waals surface area contributed by atoms with Gasteiger partial charge in [0, 0.05) is 39.3 Å². The van der Waals surface area contributed by atoms with E-state index in [2.05, 4.69) is 15.3 Å². The van der Waals surface area contributed by atoms with Crippen LogP contribution in [0.4, 0.5) is 10.6 Å². The summed E-state index contributed by atoms with van der Waals surface area (Å²) in [5.74, 6) is 0.455. The van der Waals surface area contributed by atoms with E-state index in [4.69, 9.17) is 9.47 Å². The van der Waals surface area contributed by atoms with Crippen LogP contribution in [0.15, 0.2) is 12.4 Å². The Morgan fingerprint density at radius 3 is 2.69 bits per heavy atom. The topological polar surface area (TPSA) is 96.9 Å². The number of anilines is 1. The summed E-state index contributed by atoms with van der Waals surface area (Å²) in [6, 6.07) is 0. The second-order valence-electron chi connectivity index (χ2n) is 6.28. The van der Waals surface area contributed by atoms with Crippen LogP contribution in [0.25, 0.3) is 0 Å². The zero-order chi connectivity index (χ0) is 18.4. The van der Waals surface area contributed by atoms with E-state index >= 15 is 0 Å². The van der Waals surface area contributed by atoms with Crippen LogP contribution < -0.4 is 10.2 Å². The molecule has 2 saturated heterocycles. The number of amides is 2. The van der Waals surface area contributed by atoms with Gasteiger partial charge < -0.3 is 24.6 Å². The summed E-state index contributed by atoms with van der Waals surface area (Å²) in [5, 5.41) is 2.83. The molecule has 1 unspecified atom stereocenters. The van der Waals surface area contributed by atoms with Gasteiger partial charge in [0.25, 0.3) is 5.91 Å². The first-order valence-electron chi connectivity index (χ1n) is 9.06. The zero-order valence-corrected chi connectivity index (χ0v) is 15.0. The minimum atomic E-state index is -0.281. The van der Waals surface area contributed by atoms with Crippen molar-refractivity contribution in [2.24, 2.45) is 0 Å². The molecule has 1 N–H and O–H groups in total. The average molecular weight is 363 g/mol. The van der Waals surface area contributed by atoms with E-state index in [9.17, 15) is 9.59 Å². The quantitative estimate of drug-likeness (QED) is 0.821. The maximum atomic E-state index is 12.1. The third kappa shape index (κ3) is 4.60. The Morgan fingerprint density at radius 2 is 2.08 bits per heavy atom. The number of nitrogens with zero attached hydrogens (tertiary/aromatic N) is 4. The number of carbonyl (C=O) groups is 2. The van der Waals surface area contributed by atoms with Gasteiger partial charge in [-0.05, 0) is 19.8 Å². The molecule has 9 nitrogen and oxygen atoms in total. The van der Waals surface area contributed by atoms with Gasteiger partial charge in [0.2, 0.25) is 0 Å². The number of ether oxygens (including phenoxy) is 2. The van der Waals surface area contributed by atoms with Crippen molar-refractivity contribution in [1.29, 1.82) is 0 Å². The van der Waals surface area contributed by atoms with E-state index in [1.807, 2.05) is 4.90 Å². The second kappa shape index (κ2) is 8.79. The average Bonchev–Trinajstić information content (AvgIpc) is 3.20. The first-order chi connectivity index (χ1) is 12.7. The molecule has 26 heavy (non-hydrogen) atoms. The summed E-state index contributed by atoms with van der Waals surface area (Å²) < 4.78 is 10.5. The van der Waals surface area contributed by atoms with Gasteiger partial charge in [0.05, 0.1) is 25.1 Å². The lowest BCUT2D eigenvalue weighted by Gasteiger charge is -2.34. The van der Waals surface area contributed by atoms with Crippen molar-refractivity contribution < 1.29 is 19.1 Å². The van der Waals surface area contributed by atoms with Crippen LogP contribution in [0.5, 0.6) is 0 Å². The van der Waals surface area contributed by atoms with Crippen LogP contribution in [-0.2, 0) is 9.47 Å². The summed E-state index contributed by atoms with van der Waals surface area (Å²) in [6.07, 6.45) is 4.92. The molecule has 0 bridgehead atoms. The molecule has 2 aliphatic heterocycles. The maximum absolute atomic E-state index is 12.1. The van der Waals surface area contributed by atoms with Crippen LogP contribution in [0.2, 0.25) is 0 Å². The second-order valence-corrected chi connectivity index (χ2v) is 6.28. The Balaban J connectivity index is 1.48. The summed E-state index contributed by atoms with van der Waals surface area (Å²) in [6.45, 7) is 5.88. The van der Waals surface area contributed by atoms with E-state index < -0.39 is 0 Å². The Labute approximate surface area is 152 Å². The number of aromatic nitrogens is 2. The van der Waals surface area contributed by atoms with Crippen LogP contribution in [0.1, 0.15) is 30.3 Å². The third-order valence-corrected chi connectivity index (χ3v) is 4.51. The van der Waals surface area contributed by atoms with Crippen molar-refractivity contribution >= 4 is 17.8 Å². The maximum Gasteiger partial charge on any atom is 0.409 e. The fourth-order valence-corrected chi connectivity index (χ4v) is 3.04. The van der Waals surface area contributed by atoms with Crippen LogP contribution in [-0.4, -0.2) is 78.9 Å². The summed E-state index contributed by atoms with van der Waals surface area (Å²) in [5.41, 5.74) is 0.289. The molecule has 9 heteroatoms. The molecule has 3 heterocycles. The van der Waals surface area contributed by atoms with Crippen molar-refractivity contribution in [3.63, 3.8) is 0 Å². The van der Waals surface area contributed by atoms with Crippen molar-refractivity contribution in [2.45, 2.75) is 25.9 Å². The minimum Gasteiger partial charge on any atom is -0.450 e. The predicted molar refractivity (Wildman–Crippen MR) is 94.1 cm³/mol. The molecule has 1 atom stereocenters. The zero-order valence-electron chi connectivity index (χ0n) is 15.0. The van der Waals surface area contributed by atoms with Gasteiger partial charge >= 0.3 is 6.09 Å². The lowest BCUT2D eigenvalue weighted by atomic mass is 10.2. The van der Waals surface area contributed by atoms with Gasteiger partial charge in [0.15, 0.2) is 0 Å². The minimum absolute atomic E-state index is 0.0990. The van der Waals surface area contributed by atoms with Crippen molar-refractivity contribution in [3.8, 4) is 0 Å². The van der Waals surface area contributed by atoms with Crippen LogP contribution >= 0.6 is 0 Å². The van der Waals surface area contributed by atoms with Crippen molar-refractivity contribution in [1.82, 2.24) is 20.2 Å². The number of hydrogen-bond donors (Lipinski definition) is 1. The molecule has 1 aromatic heterocycles. The Bertz CT molecular complexity index is 610.